The number of halogens is 1. The number of nitrogens with zero attached hydrogens (tertiary/aromatic N) is 1. The van der Waals surface area contributed by atoms with Gasteiger partial charge >= 0.3 is 0 Å². The first-order chi connectivity index (χ1) is 12.1. The first kappa shape index (κ1) is 17.9. The summed E-state index contributed by atoms with van der Waals surface area (Å²) >= 11 is 2.31. The van der Waals surface area contributed by atoms with Crippen LogP contribution in [0.4, 0.5) is 5.69 Å². The van der Waals surface area contributed by atoms with E-state index < -0.39 is 0 Å². The lowest BCUT2D eigenvalue weighted by Crippen LogP contribution is -2.25. The molecule has 0 aliphatic heterocycles. The van der Waals surface area contributed by atoms with Crippen molar-refractivity contribution in [2.75, 3.05) is 18.4 Å². The lowest BCUT2D eigenvalue weighted by atomic mass is 10.1. The maximum absolute atomic E-state index is 9.31. The van der Waals surface area contributed by atoms with Crippen molar-refractivity contribution in [2.45, 2.75) is 13.5 Å². The molecule has 0 radical (unpaired) electrons. The summed E-state index contributed by atoms with van der Waals surface area (Å²) in [5.41, 5.74) is 3.33. The molecule has 25 heavy (non-hydrogen) atoms. The third kappa shape index (κ3) is 5.06. The highest BCUT2D eigenvalue weighted by molar-refractivity contribution is 14.1. The number of aromatic nitrogens is 1. The number of phenolic OH excluding ortho intramolecular Hbond substituents is 1. The number of benzene rings is 2. The summed E-state index contributed by atoms with van der Waals surface area (Å²) in [4.78, 5) is 4.44. The van der Waals surface area contributed by atoms with Gasteiger partial charge in [0.15, 0.2) is 0 Å². The molecule has 3 rings (SSSR count). The van der Waals surface area contributed by atoms with Crippen LogP contribution in [0.25, 0.3) is 10.9 Å². The Morgan fingerprint density at radius 1 is 1.08 bits per heavy atom. The molecule has 1 heterocycles. The molecule has 1 unspecified atom stereocenters. The second-order valence-corrected chi connectivity index (χ2v) is 7.55. The van der Waals surface area contributed by atoms with E-state index in [4.69, 9.17) is 0 Å². The Labute approximate surface area is 161 Å². The molecule has 0 aliphatic carbocycles. The molecule has 0 spiro atoms. The minimum atomic E-state index is 0.306. The van der Waals surface area contributed by atoms with E-state index in [0.717, 1.165) is 36.2 Å². The van der Waals surface area contributed by atoms with Crippen molar-refractivity contribution in [3.8, 4) is 5.75 Å². The summed E-state index contributed by atoms with van der Waals surface area (Å²) in [7, 11) is 0. The van der Waals surface area contributed by atoms with Crippen molar-refractivity contribution < 1.29 is 5.11 Å². The normalized spacial score (nSPS) is 12.2. The molecule has 2 aromatic carbocycles. The van der Waals surface area contributed by atoms with Crippen LogP contribution in [-0.4, -0.2) is 23.2 Å². The van der Waals surface area contributed by atoms with E-state index in [1.807, 2.05) is 24.4 Å². The van der Waals surface area contributed by atoms with Gasteiger partial charge in [0.1, 0.15) is 5.75 Å². The number of hydrogen-bond acceptors (Lipinski definition) is 4. The molecule has 3 aromatic rings. The van der Waals surface area contributed by atoms with E-state index in [9.17, 15) is 5.11 Å². The SMILES string of the molecule is CC(CNCc1ccc(O)cc1)CNc1ccnc2cc(I)ccc12. The van der Waals surface area contributed by atoms with Gasteiger partial charge in [-0.25, -0.2) is 0 Å². The zero-order valence-electron chi connectivity index (χ0n) is 14.2. The molecule has 0 amide bonds. The van der Waals surface area contributed by atoms with Gasteiger partial charge < -0.3 is 15.7 Å². The van der Waals surface area contributed by atoms with Gasteiger partial charge in [0, 0.05) is 33.9 Å². The van der Waals surface area contributed by atoms with Gasteiger partial charge in [-0.1, -0.05) is 19.1 Å². The molecule has 0 fully saturated rings. The zero-order chi connectivity index (χ0) is 17.6. The third-order valence-corrected chi connectivity index (χ3v) is 4.78. The Hall–Kier alpha value is -1.86. The second-order valence-electron chi connectivity index (χ2n) is 6.30. The van der Waals surface area contributed by atoms with E-state index in [0.29, 0.717) is 11.7 Å². The lowest BCUT2D eigenvalue weighted by molar-refractivity contribution is 0.474. The molecule has 5 heteroatoms. The summed E-state index contributed by atoms with van der Waals surface area (Å²) in [6.45, 7) is 4.85. The predicted molar refractivity (Wildman–Crippen MR) is 112 cm³/mol. The molecule has 0 aliphatic rings. The third-order valence-electron chi connectivity index (χ3n) is 4.10. The summed E-state index contributed by atoms with van der Waals surface area (Å²) in [6, 6.07) is 15.7. The molecule has 0 saturated heterocycles. The maximum atomic E-state index is 9.31. The van der Waals surface area contributed by atoms with Crippen molar-refractivity contribution in [1.29, 1.82) is 0 Å². The van der Waals surface area contributed by atoms with Gasteiger partial charge in [-0.3, -0.25) is 4.98 Å². The van der Waals surface area contributed by atoms with Crippen LogP contribution >= 0.6 is 22.6 Å². The van der Waals surface area contributed by atoms with Crippen LogP contribution < -0.4 is 10.6 Å². The van der Waals surface area contributed by atoms with Crippen molar-refractivity contribution in [1.82, 2.24) is 10.3 Å². The Bertz CT molecular complexity index is 836. The van der Waals surface area contributed by atoms with Crippen molar-refractivity contribution in [3.63, 3.8) is 0 Å². The van der Waals surface area contributed by atoms with E-state index in [-0.39, 0.29) is 0 Å². The number of aromatic hydroxyl groups is 1. The molecular weight excluding hydrogens is 425 g/mol. The number of rotatable bonds is 7. The molecule has 3 N–H and O–H groups in total. The lowest BCUT2D eigenvalue weighted by Gasteiger charge is -2.16. The first-order valence-electron chi connectivity index (χ1n) is 8.38. The summed E-state index contributed by atoms with van der Waals surface area (Å²) in [5.74, 6) is 0.796. The maximum Gasteiger partial charge on any atom is 0.115 e. The Balaban J connectivity index is 1.50. The van der Waals surface area contributed by atoms with Gasteiger partial charge in [-0.15, -0.1) is 0 Å². The van der Waals surface area contributed by atoms with Crippen LogP contribution in [0.3, 0.4) is 0 Å². The average molecular weight is 447 g/mol. The topological polar surface area (TPSA) is 57.2 Å². The fraction of sp³-hybridized carbons (Fsp3) is 0.250. The van der Waals surface area contributed by atoms with Crippen LogP contribution in [0, 0.1) is 9.49 Å². The van der Waals surface area contributed by atoms with Crippen LogP contribution in [0.5, 0.6) is 5.75 Å². The predicted octanol–water partition coefficient (Wildman–Crippen LogP) is 4.38. The fourth-order valence-corrected chi connectivity index (χ4v) is 3.18. The largest absolute Gasteiger partial charge is 0.508 e. The number of hydrogen-bond donors (Lipinski definition) is 3. The first-order valence-corrected chi connectivity index (χ1v) is 9.46. The number of fused-ring (bicyclic) bond motifs is 1. The summed E-state index contributed by atoms with van der Waals surface area (Å²) < 4.78 is 1.20. The van der Waals surface area contributed by atoms with Gasteiger partial charge in [0.2, 0.25) is 0 Å². The van der Waals surface area contributed by atoms with Gasteiger partial charge in [0.25, 0.3) is 0 Å². The second kappa shape index (κ2) is 8.49. The zero-order valence-corrected chi connectivity index (χ0v) is 16.3. The Morgan fingerprint density at radius 2 is 1.88 bits per heavy atom. The van der Waals surface area contributed by atoms with E-state index in [2.05, 4.69) is 63.3 Å². The summed E-state index contributed by atoms with van der Waals surface area (Å²) in [6.07, 6.45) is 1.86. The average Bonchev–Trinajstić information content (AvgIpc) is 2.61. The van der Waals surface area contributed by atoms with Crippen LogP contribution in [-0.2, 0) is 6.54 Å². The fourth-order valence-electron chi connectivity index (χ4n) is 2.71. The minimum absolute atomic E-state index is 0.306. The van der Waals surface area contributed by atoms with Gasteiger partial charge in [-0.2, -0.15) is 0 Å². The highest BCUT2D eigenvalue weighted by atomic mass is 127. The number of nitrogens with one attached hydrogen (secondary N) is 2. The quantitative estimate of drug-likeness (QED) is 0.471. The molecule has 1 aromatic heterocycles. The van der Waals surface area contributed by atoms with Crippen molar-refractivity contribution in [2.24, 2.45) is 5.92 Å². The van der Waals surface area contributed by atoms with Crippen LogP contribution in [0.1, 0.15) is 12.5 Å². The Morgan fingerprint density at radius 3 is 2.68 bits per heavy atom. The molecule has 0 saturated carbocycles. The highest BCUT2D eigenvalue weighted by Gasteiger charge is 2.05. The molecule has 4 nitrogen and oxygen atoms in total. The van der Waals surface area contributed by atoms with Crippen LogP contribution in [0.2, 0.25) is 0 Å². The van der Waals surface area contributed by atoms with E-state index >= 15 is 0 Å². The van der Waals surface area contributed by atoms with Crippen LogP contribution in [0.15, 0.2) is 54.7 Å². The standard InChI is InChI=1S/C20H22IN3O/c1-14(11-22-13-15-2-5-17(25)6-3-15)12-24-19-8-9-23-20-10-16(21)4-7-18(19)20/h2-10,14,22,25H,11-13H2,1H3,(H,23,24). The van der Waals surface area contributed by atoms with Crippen molar-refractivity contribution >= 4 is 39.2 Å². The Kier molecular flexibility index (Phi) is 6.09. The van der Waals surface area contributed by atoms with Crippen molar-refractivity contribution in [3.05, 3.63) is 63.9 Å². The molecule has 130 valence electrons. The number of pyridine rings is 1. The molecule has 0 bridgehead atoms. The van der Waals surface area contributed by atoms with E-state index in [1.165, 1.54) is 9.13 Å². The molecule has 1 atom stereocenters. The number of anilines is 1. The van der Waals surface area contributed by atoms with E-state index in [1.54, 1.807) is 12.1 Å². The number of phenols is 1. The molecular formula is C20H22IN3O. The smallest absolute Gasteiger partial charge is 0.115 e. The van der Waals surface area contributed by atoms with Gasteiger partial charge in [-0.05, 0) is 77.0 Å². The highest BCUT2D eigenvalue weighted by Crippen LogP contribution is 2.23. The minimum Gasteiger partial charge on any atom is -0.508 e. The monoisotopic (exact) mass is 447 g/mol. The summed E-state index contributed by atoms with van der Waals surface area (Å²) in [5, 5.41) is 17.5. The van der Waals surface area contributed by atoms with Gasteiger partial charge in [0.05, 0.1) is 5.52 Å².